The molecule has 3 rings (SSSR count). The zero-order chi connectivity index (χ0) is 13.9. The third-order valence-corrected chi connectivity index (χ3v) is 4.34. The van der Waals surface area contributed by atoms with Gasteiger partial charge in [0.05, 0.1) is 0 Å². The van der Waals surface area contributed by atoms with E-state index in [-0.39, 0.29) is 18.0 Å². The molecular formula is C16H22FNO2. The standard InChI is InChI=1S/C16H22FNO2/c1-2-18-14-10-15(11-5-7-19-8-6-11)20-16-9-12(17)3-4-13(14)16/h3-4,9,11,14-15,18H,2,5-8,10H2,1H3. The second-order valence-electron chi connectivity index (χ2n) is 5.63. The molecule has 1 N–H and O–H groups in total. The predicted octanol–water partition coefficient (Wildman–Crippen LogP) is 3.05. The molecule has 1 aromatic carbocycles. The number of nitrogens with one attached hydrogen (secondary N) is 1. The van der Waals surface area contributed by atoms with E-state index in [4.69, 9.17) is 9.47 Å². The largest absolute Gasteiger partial charge is 0.490 e. The van der Waals surface area contributed by atoms with Crippen molar-refractivity contribution in [2.24, 2.45) is 5.92 Å². The summed E-state index contributed by atoms with van der Waals surface area (Å²) in [5, 5.41) is 3.50. The molecule has 0 saturated carbocycles. The number of rotatable bonds is 3. The Balaban J connectivity index is 1.83. The minimum Gasteiger partial charge on any atom is -0.490 e. The lowest BCUT2D eigenvalue weighted by Gasteiger charge is -2.38. The third kappa shape index (κ3) is 2.81. The van der Waals surface area contributed by atoms with Gasteiger partial charge in [0.1, 0.15) is 17.7 Å². The van der Waals surface area contributed by atoms with Crippen LogP contribution >= 0.6 is 0 Å². The lowest BCUT2D eigenvalue weighted by Crippen LogP contribution is -2.39. The molecule has 3 nitrogen and oxygen atoms in total. The van der Waals surface area contributed by atoms with E-state index in [1.165, 1.54) is 12.1 Å². The molecule has 0 radical (unpaired) electrons. The average Bonchev–Trinajstić information content (AvgIpc) is 2.48. The van der Waals surface area contributed by atoms with Crippen molar-refractivity contribution in [2.75, 3.05) is 19.8 Å². The second-order valence-corrected chi connectivity index (χ2v) is 5.63. The van der Waals surface area contributed by atoms with E-state index in [0.717, 1.165) is 44.6 Å². The minimum absolute atomic E-state index is 0.164. The summed E-state index contributed by atoms with van der Waals surface area (Å²) in [4.78, 5) is 0. The molecule has 0 aliphatic carbocycles. The molecule has 1 fully saturated rings. The summed E-state index contributed by atoms with van der Waals surface area (Å²) in [6, 6.07) is 5.14. The molecule has 1 aromatic rings. The SMILES string of the molecule is CCNC1CC(C2CCOCC2)Oc2cc(F)ccc21. The highest BCUT2D eigenvalue weighted by atomic mass is 19.1. The molecule has 110 valence electrons. The molecule has 2 aliphatic rings. The van der Waals surface area contributed by atoms with Crippen molar-refractivity contribution in [1.82, 2.24) is 5.32 Å². The van der Waals surface area contributed by atoms with Crippen molar-refractivity contribution >= 4 is 0 Å². The van der Waals surface area contributed by atoms with E-state index in [1.807, 2.05) is 6.07 Å². The van der Waals surface area contributed by atoms with Gasteiger partial charge in [0.15, 0.2) is 0 Å². The lowest BCUT2D eigenvalue weighted by atomic mass is 9.86. The van der Waals surface area contributed by atoms with Crippen LogP contribution in [0.25, 0.3) is 0 Å². The first-order valence-electron chi connectivity index (χ1n) is 7.55. The molecule has 0 spiro atoms. The van der Waals surface area contributed by atoms with E-state index in [1.54, 1.807) is 0 Å². The molecule has 2 heterocycles. The van der Waals surface area contributed by atoms with Gasteiger partial charge in [-0.15, -0.1) is 0 Å². The number of hydrogen-bond donors (Lipinski definition) is 1. The Hall–Kier alpha value is -1.13. The quantitative estimate of drug-likeness (QED) is 0.922. The van der Waals surface area contributed by atoms with Gasteiger partial charge in [-0.1, -0.05) is 13.0 Å². The van der Waals surface area contributed by atoms with Crippen molar-refractivity contribution in [2.45, 2.75) is 38.3 Å². The molecule has 2 aliphatic heterocycles. The van der Waals surface area contributed by atoms with Gasteiger partial charge in [-0.25, -0.2) is 4.39 Å². The molecule has 0 aromatic heterocycles. The van der Waals surface area contributed by atoms with Crippen molar-refractivity contribution in [3.05, 3.63) is 29.6 Å². The highest BCUT2D eigenvalue weighted by molar-refractivity contribution is 5.38. The van der Waals surface area contributed by atoms with Crippen LogP contribution in [0.3, 0.4) is 0 Å². The average molecular weight is 279 g/mol. The zero-order valence-corrected chi connectivity index (χ0v) is 11.9. The Bertz CT molecular complexity index is 460. The van der Waals surface area contributed by atoms with Gasteiger partial charge in [0.2, 0.25) is 0 Å². The highest BCUT2D eigenvalue weighted by Gasteiger charge is 2.34. The topological polar surface area (TPSA) is 30.5 Å². The predicted molar refractivity (Wildman–Crippen MR) is 75.4 cm³/mol. The maximum Gasteiger partial charge on any atom is 0.127 e. The summed E-state index contributed by atoms with van der Waals surface area (Å²) in [5.74, 6) is 0.992. The number of halogens is 1. The summed E-state index contributed by atoms with van der Waals surface area (Å²) in [5.41, 5.74) is 1.08. The van der Waals surface area contributed by atoms with Crippen molar-refractivity contribution in [3.8, 4) is 5.75 Å². The number of hydrogen-bond acceptors (Lipinski definition) is 3. The van der Waals surface area contributed by atoms with Gasteiger partial charge in [-0.3, -0.25) is 0 Å². The Kier molecular flexibility index (Phi) is 4.22. The van der Waals surface area contributed by atoms with E-state index >= 15 is 0 Å². The van der Waals surface area contributed by atoms with Gasteiger partial charge in [-0.05, 0) is 25.5 Å². The molecule has 2 atom stereocenters. The molecule has 20 heavy (non-hydrogen) atoms. The van der Waals surface area contributed by atoms with E-state index in [2.05, 4.69) is 12.2 Å². The molecule has 0 amide bonds. The number of ether oxygens (including phenoxy) is 2. The van der Waals surface area contributed by atoms with Crippen LogP contribution in [-0.4, -0.2) is 25.9 Å². The summed E-state index contributed by atoms with van der Waals surface area (Å²) in [7, 11) is 0. The van der Waals surface area contributed by atoms with Crippen LogP contribution in [0.15, 0.2) is 18.2 Å². The van der Waals surface area contributed by atoms with Crippen LogP contribution in [0.2, 0.25) is 0 Å². The third-order valence-electron chi connectivity index (χ3n) is 4.34. The van der Waals surface area contributed by atoms with Crippen molar-refractivity contribution in [3.63, 3.8) is 0 Å². The van der Waals surface area contributed by atoms with Crippen LogP contribution in [0, 0.1) is 11.7 Å². The van der Waals surface area contributed by atoms with Gasteiger partial charge >= 0.3 is 0 Å². The molecule has 1 saturated heterocycles. The second kappa shape index (κ2) is 6.10. The smallest absolute Gasteiger partial charge is 0.127 e. The number of fused-ring (bicyclic) bond motifs is 1. The fraction of sp³-hybridized carbons (Fsp3) is 0.625. The maximum absolute atomic E-state index is 13.5. The zero-order valence-electron chi connectivity index (χ0n) is 11.9. The molecular weight excluding hydrogens is 257 g/mol. The Labute approximate surface area is 119 Å². The Morgan fingerprint density at radius 1 is 1.30 bits per heavy atom. The van der Waals surface area contributed by atoms with Crippen molar-refractivity contribution < 1.29 is 13.9 Å². The van der Waals surface area contributed by atoms with E-state index in [9.17, 15) is 4.39 Å². The van der Waals surface area contributed by atoms with Gasteiger partial charge < -0.3 is 14.8 Å². The van der Waals surface area contributed by atoms with Gasteiger partial charge in [0.25, 0.3) is 0 Å². The fourth-order valence-electron chi connectivity index (χ4n) is 3.28. The van der Waals surface area contributed by atoms with Crippen LogP contribution in [0.5, 0.6) is 5.75 Å². The first-order chi connectivity index (χ1) is 9.78. The first-order valence-corrected chi connectivity index (χ1v) is 7.55. The first kappa shape index (κ1) is 13.8. The van der Waals surface area contributed by atoms with E-state index < -0.39 is 0 Å². The Morgan fingerprint density at radius 2 is 2.10 bits per heavy atom. The van der Waals surface area contributed by atoms with Gasteiger partial charge in [0, 0.05) is 43.2 Å². The van der Waals surface area contributed by atoms with E-state index in [0.29, 0.717) is 11.7 Å². The van der Waals surface area contributed by atoms with Crippen molar-refractivity contribution in [1.29, 1.82) is 0 Å². The molecule has 2 unspecified atom stereocenters. The van der Waals surface area contributed by atoms with Crippen LogP contribution in [0.1, 0.15) is 37.8 Å². The maximum atomic E-state index is 13.5. The summed E-state index contributed by atoms with van der Waals surface area (Å²) >= 11 is 0. The van der Waals surface area contributed by atoms with Crippen LogP contribution < -0.4 is 10.1 Å². The summed E-state index contributed by atoms with van der Waals surface area (Å²) in [6.45, 7) is 4.63. The molecule has 4 heteroatoms. The van der Waals surface area contributed by atoms with Crippen LogP contribution in [0.4, 0.5) is 4.39 Å². The normalized spacial score (nSPS) is 26.9. The Morgan fingerprint density at radius 3 is 2.85 bits per heavy atom. The lowest BCUT2D eigenvalue weighted by molar-refractivity contribution is 0.00525. The monoisotopic (exact) mass is 279 g/mol. The highest BCUT2D eigenvalue weighted by Crippen LogP contribution is 2.39. The fourth-order valence-corrected chi connectivity index (χ4v) is 3.28. The minimum atomic E-state index is -0.230. The summed E-state index contributed by atoms with van der Waals surface area (Å²) < 4.78 is 25.0. The van der Waals surface area contributed by atoms with Gasteiger partial charge in [-0.2, -0.15) is 0 Å². The number of benzene rings is 1. The molecule has 0 bridgehead atoms. The van der Waals surface area contributed by atoms with Crippen LogP contribution in [-0.2, 0) is 4.74 Å². The summed E-state index contributed by atoms with van der Waals surface area (Å²) in [6.07, 6.45) is 3.19.